The lowest BCUT2D eigenvalue weighted by atomic mass is 10.0. The molecule has 0 fully saturated rings. The van der Waals surface area contributed by atoms with E-state index >= 15 is 0 Å². The largest absolute Gasteiger partial charge is 0.294 e. The Kier molecular flexibility index (Phi) is 3.77. The number of rotatable bonds is 4. The maximum atomic E-state index is 13.4. The lowest BCUT2D eigenvalue weighted by Gasteiger charge is -2.04. The number of aryl methyl sites for hydroxylation is 1. The van der Waals surface area contributed by atoms with E-state index in [0.717, 1.165) is 17.7 Å². The van der Waals surface area contributed by atoms with Gasteiger partial charge < -0.3 is 0 Å². The topological polar surface area (TPSA) is 30.0 Å². The number of benzene rings is 1. The van der Waals surface area contributed by atoms with Crippen molar-refractivity contribution in [1.29, 1.82) is 0 Å². The van der Waals surface area contributed by atoms with Gasteiger partial charge in [-0.3, -0.25) is 9.78 Å². The molecule has 0 saturated heterocycles. The molecule has 2 aromatic rings. The van der Waals surface area contributed by atoms with E-state index in [-0.39, 0.29) is 6.42 Å². The van der Waals surface area contributed by atoms with Gasteiger partial charge in [-0.05, 0) is 36.2 Å². The highest BCUT2D eigenvalue weighted by Crippen LogP contribution is 2.15. The number of ketones is 1. The lowest BCUT2D eigenvalue weighted by molar-refractivity contribution is 0.0974. The van der Waals surface area contributed by atoms with Gasteiger partial charge in [-0.25, -0.2) is 8.78 Å². The summed E-state index contributed by atoms with van der Waals surface area (Å²) in [6.45, 7) is 0. The third kappa shape index (κ3) is 2.77. The first kappa shape index (κ1) is 12.4. The Labute approximate surface area is 103 Å². The van der Waals surface area contributed by atoms with E-state index in [0.29, 0.717) is 6.42 Å². The van der Waals surface area contributed by atoms with E-state index < -0.39 is 23.0 Å². The Morgan fingerprint density at radius 1 is 1.06 bits per heavy atom. The van der Waals surface area contributed by atoms with Gasteiger partial charge in [0.05, 0.1) is 5.56 Å². The average Bonchev–Trinajstić information content (AvgIpc) is 2.37. The monoisotopic (exact) mass is 247 g/mol. The summed E-state index contributed by atoms with van der Waals surface area (Å²) in [6, 6.07) is 6.95. The highest BCUT2D eigenvalue weighted by Gasteiger charge is 2.16. The first-order chi connectivity index (χ1) is 8.68. The molecular weight excluding hydrogens is 236 g/mol. The van der Waals surface area contributed by atoms with Crippen LogP contribution >= 0.6 is 0 Å². The van der Waals surface area contributed by atoms with Crippen molar-refractivity contribution in [2.45, 2.75) is 12.8 Å². The van der Waals surface area contributed by atoms with Crippen LogP contribution in [0.3, 0.4) is 0 Å². The molecule has 0 saturated carbocycles. The van der Waals surface area contributed by atoms with Crippen molar-refractivity contribution in [3.05, 3.63) is 65.5 Å². The zero-order valence-corrected chi connectivity index (χ0v) is 9.57. The van der Waals surface area contributed by atoms with E-state index in [4.69, 9.17) is 0 Å². The first-order valence-electron chi connectivity index (χ1n) is 5.54. The van der Waals surface area contributed by atoms with Gasteiger partial charge >= 0.3 is 0 Å². The van der Waals surface area contributed by atoms with E-state index in [1.807, 2.05) is 0 Å². The van der Waals surface area contributed by atoms with Crippen molar-refractivity contribution >= 4 is 5.78 Å². The Morgan fingerprint density at radius 2 is 1.67 bits per heavy atom. The number of hydrogen-bond donors (Lipinski definition) is 0. The van der Waals surface area contributed by atoms with E-state index in [1.165, 1.54) is 6.07 Å². The SMILES string of the molecule is O=C(CCc1ccncc1)c1c(F)cccc1F. The summed E-state index contributed by atoms with van der Waals surface area (Å²) < 4.78 is 26.7. The molecule has 0 atom stereocenters. The van der Waals surface area contributed by atoms with Crippen molar-refractivity contribution in [3.8, 4) is 0 Å². The summed E-state index contributed by atoms with van der Waals surface area (Å²) in [4.78, 5) is 15.6. The third-order valence-electron chi connectivity index (χ3n) is 2.63. The summed E-state index contributed by atoms with van der Waals surface area (Å²) in [7, 11) is 0. The smallest absolute Gasteiger partial charge is 0.169 e. The molecule has 0 unspecified atom stereocenters. The van der Waals surface area contributed by atoms with E-state index in [2.05, 4.69) is 4.98 Å². The minimum atomic E-state index is -0.810. The number of pyridine rings is 1. The molecule has 0 amide bonds. The summed E-state index contributed by atoms with van der Waals surface area (Å²) >= 11 is 0. The standard InChI is InChI=1S/C14H11F2NO/c15-11-2-1-3-12(16)14(11)13(18)5-4-10-6-8-17-9-7-10/h1-3,6-9H,4-5H2. The normalized spacial score (nSPS) is 10.3. The second kappa shape index (κ2) is 5.49. The molecule has 0 aliphatic heterocycles. The van der Waals surface area contributed by atoms with Gasteiger partial charge in [-0.15, -0.1) is 0 Å². The molecule has 0 spiro atoms. The fourth-order valence-corrected chi connectivity index (χ4v) is 1.70. The van der Waals surface area contributed by atoms with Gasteiger partial charge in [0, 0.05) is 18.8 Å². The first-order valence-corrected chi connectivity index (χ1v) is 5.54. The predicted octanol–water partition coefficient (Wildman–Crippen LogP) is 3.18. The minimum absolute atomic E-state index is 0.0713. The Hall–Kier alpha value is -2.10. The van der Waals surface area contributed by atoms with E-state index in [9.17, 15) is 13.6 Å². The van der Waals surface area contributed by atoms with Crippen molar-refractivity contribution in [2.75, 3.05) is 0 Å². The number of carbonyl (C=O) groups is 1. The highest BCUT2D eigenvalue weighted by molar-refractivity contribution is 5.96. The zero-order valence-electron chi connectivity index (χ0n) is 9.57. The van der Waals surface area contributed by atoms with E-state index in [1.54, 1.807) is 24.5 Å². The molecule has 1 aromatic carbocycles. The summed E-state index contributed by atoms with van der Waals surface area (Å²) in [5, 5.41) is 0. The summed E-state index contributed by atoms with van der Waals surface area (Å²) in [5.74, 6) is -2.15. The fraction of sp³-hybridized carbons (Fsp3) is 0.143. The maximum absolute atomic E-state index is 13.4. The summed E-state index contributed by atoms with van der Waals surface area (Å²) in [6.07, 6.45) is 3.74. The van der Waals surface area contributed by atoms with Gasteiger partial charge in [0.15, 0.2) is 5.78 Å². The third-order valence-corrected chi connectivity index (χ3v) is 2.63. The van der Waals surface area contributed by atoms with Gasteiger partial charge in [0.2, 0.25) is 0 Å². The second-order valence-corrected chi connectivity index (χ2v) is 3.88. The van der Waals surface area contributed by atoms with Gasteiger partial charge in [-0.2, -0.15) is 0 Å². The van der Waals surface area contributed by atoms with Gasteiger partial charge in [0.25, 0.3) is 0 Å². The highest BCUT2D eigenvalue weighted by atomic mass is 19.1. The molecule has 0 radical (unpaired) electrons. The van der Waals surface area contributed by atoms with Crippen LogP contribution in [-0.4, -0.2) is 10.8 Å². The lowest BCUT2D eigenvalue weighted by Crippen LogP contribution is -2.07. The number of nitrogens with zero attached hydrogens (tertiary/aromatic N) is 1. The maximum Gasteiger partial charge on any atom is 0.169 e. The van der Waals surface area contributed by atoms with Crippen LogP contribution in [0.5, 0.6) is 0 Å². The van der Waals surface area contributed by atoms with Crippen LogP contribution in [0.15, 0.2) is 42.7 Å². The number of hydrogen-bond acceptors (Lipinski definition) is 2. The predicted molar refractivity (Wildman–Crippen MR) is 63.2 cm³/mol. The van der Waals surface area contributed by atoms with Crippen molar-refractivity contribution in [2.24, 2.45) is 0 Å². The number of Topliss-reactive ketones (excluding diaryl/α,β-unsaturated/α-hetero) is 1. The van der Waals surface area contributed by atoms with Crippen LogP contribution in [0, 0.1) is 11.6 Å². The van der Waals surface area contributed by atoms with Crippen molar-refractivity contribution in [3.63, 3.8) is 0 Å². The van der Waals surface area contributed by atoms with Crippen molar-refractivity contribution in [1.82, 2.24) is 4.98 Å². The fourth-order valence-electron chi connectivity index (χ4n) is 1.70. The summed E-state index contributed by atoms with van der Waals surface area (Å²) in [5.41, 5.74) is 0.460. The number of halogens is 2. The van der Waals surface area contributed by atoms with Crippen molar-refractivity contribution < 1.29 is 13.6 Å². The molecule has 0 aliphatic carbocycles. The Bertz CT molecular complexity index is 535. The molecule has 0 aliphatic rings. The quantitative estimate of drug-likeness (QED) is 0.777. The number of carbonyl (C=O) groups excluding carboxylic acids is 1. The van der Waals surface area contributed by atoms with Crippen LogP contribution in [0.1, 0.15) is 22.3 Å². The number of aromatic nitrogens is 1. The van der Waals surface area contributed by atoms with Crippen LogP contribution in [-0.2, 0) is 6.42 Å². The molecule has 2 nitrogen and oxygen atoms in total. The van der Waals surface area contributed by atoms with Gasteiger partial charge in [0.1, 0.15) is 11.6 Å². The van der Waals surface area contributed by atoms with Gasteiger partial charge in [-0.1, -0.05) is 6.07 Å². The average molecular weight is 247 g/mol. The Balaban J connectivity index is 2.09. The zero-order chi connectivity index (χ0) is 13.0. The second-order valence-electron chi connectivity index (χ2n) is 3.88. The molecular formula is C14H11F2NO. The molecule has 1 aromatic heterocycles. The van der Waals surface area contributed by atoms with Crippen LogP contribution in [0.25, 0.3) is 0 Å². The molecule has 0 bridgehead atoms. The van der Waals surface area contributed by atoms with Crippen LogP contribution < -0.4 is 0 Å². The molecule has 1 heterocycles. The molecule has 2 rings (SSSR count). The Morgan fingerprint density at radius 3 is 2.28 bits per heavy atom. The van der Waals surface area contributed by atoms with Crippen LogP contribution in [0.2, 0.25) is 0 Å². The van der Waals surface area contributed by atoms with Crippen LogP contribution in [0.4, 0.5) is 8.78 Å². The molecule has 0 N–H and O–H groups in total. The molecule has 92 valence electrons. The minimum Gasteiger partial charge on any atom is -0.294 e. The molecule has 18 heavy (non-hydrogen) atoms. The molecule has 4 heteroatoms.